The quantitative estimate of drug-likeness (QED) is 0.779. The van der Waals surface area contributed by atoms with Gasteiger partial charge in [-0.05, 0) is 64.7 Å². The van der Waals surface area contributed by atoms with Gasteiger partial charge in [-0.2, -0.15) is 0 Å². The van der Waals surface area contributed by atoms with Crippen LogP contribution >= 0.6 is 15.9 Å². The van der Waals surface area contributed by atoms with Gasteiger partial charge in [0.05, 0.1) is 24.3 Å². The summed E-state index contributed by atoms with van der Waals surface area (Å²) in [5, 5.41) is 0. The van der Waals surface area contributed by atoms with Crippen molar-refractivity contribution in [2.45, 2.75) is 52.2 Å². The number of benzene rings is 1. The molecule has 1 aliphatic rings. The van der Waals surface area contributed by atoms with E-state index in [0.29, 0.717) is 18.1 Å². The van der Waals surface area contributed by atoms with Gasteiger partial charge >= 0.3 is 0 Å². The summed E-state index contributed by atoms with van der Waals surface area (Å²) in [7, 11) is 1.68. The summed E-state index contributed by atoms with van der Waals surface area (Å²) < 4.78 is 12.2. The van der Waals surface area contributed by atoms with Crippen molar-refractivity contribution in [3.63, 3.8) is 0 Å². The van der Waals surface area contributed by atoms with Crippen LogP contribution in [0.4, 0.5) is 0 Å². The molecule has 1 aliphatic carbocycles. The fourth-order valence-electron chi connectivity index (χ4n) is 2.55. The van der Waals surface area contributed by atoms with Crippen molar-refractivity contribution in [2.75, 3.05) is 7.11 Å². The van der Waals surface area contributed by atoms with Gasteiger partial charge in [-0.25, -0.2) is 0 Å². The maximum atomic E-state index is 6.03. The monoisotopic (exact) mass is 326 g/mol. The fourth-order valence-corrected chi connectivity index (χ4v) is 3.14. The summed E-state index contributed by atoms with van der Waals surface area (Å²) in [5.41, 5.74) is 1.70. The number of hydrogen-bond acceptors (Lipinski definition) is 2. The highest BCUT2D eigenvalue weighted by Crippen LogP contribution is 2.36. The second kappa shape index (κ2) is 6.27. The van der Waals surface area contributed by atoms with Crippen LogP contribution in [0.15, 0.2) is 22.7 Å². The molecule has 19 heavy (non-hydrogen) atoms. The van der Waals surface area contributed by atoms with E-state index in [0.717, 1.165) is 10.2 Å². The van der Waals surface area contributed by atoms with E-state index in [1.807, 2.05) is 6.07 Å². The first kappa shape index (κ1) is 14.9. The average Bonchev–Trinajstić information content (AvgIpc) is 2.38. The van der Waals surface area contributed by atoms with Gasteiger partial charge in [0, 0.05) is 0 Å². The molecule has 1 saturated carbocycles. The van der Waals surface area contributed by atoms with Crippen LogP contribution in [0.5, 0.6) is 5.75 Å². The van der Waals surface area contributed by atoms with Gasteiger partial charge in [-0.15, -0.1) is 0 Å². The van der Waals surface area contributed by atoms with Gasteiger partial charge in [-0.1, -0.05) is 19.9 Å². The van der Waals surface area contributed by atoms with E-state index in [2.05, 4.69) is 41.9 Å². The van der Waals surface area contributed by atoms with Crippen molar-refractivity contribution in [3.8, 4) is 5.75 Å². The minimum Gasteiger partial charge on any atom is -0.496 e. The number of methoxy groups -OCH3 is 1. The predicted molar refractivity (Wildman–Crippen MR) is 81.5 cm³/mol. The van der Waals surface area contributed by atoms with E-state index >= 15 is 0 Å². The Kier molecular flexibility index (Phi) is 4.91. The number of hydrogen-bond donors (Lipinski definition) is 0. The minimum atomic E-state index is 0.425. The van der Waals surface area contributed by atoms with Crippen LogP contribution < -0.4 is 4.74 Å². The van der Waals surface area contributed by atoms with Crippen LogP contribution in [0, 0.1) is 5.41 Å². The Morgan fingerprint density at radius 1 is 1.26 bits per heavy atom. The molecule has 3 heteroatoms. The lowest BCUT2D eigenvalue weighted by molar-refractivity contribution is -0.00561. The summed E-state index contributed by atoms with van der Waals surface area (Å²) in [6.07, 6.45) is 5.33. The van der Waals surface area contributed by atoms with Crippen molar-refractivity contribution in [1.29, 1.82) is 0 Å². The van der Waals surface area contributed by atoms with E-state index in [-0.39, 0.29) is 0 Å². The molecule has 1 aromatic carbocycles. The molecule has 0 bridgehead atoms. The van der Waals surface area contributed by atoms with Gasteiger partial charge < -0.3 is 9.47 Å². The number of ether oxygens (including phenoxy) is 2. The Hall–Kier alpha value is -0.540. The molecular weight excluding hydrogens is 304 g/mol. The molecule has 0 aliphatic heterocycles. The Labute approximate surface area is 124 Å². The lowest BCUT2D eigenvalue weighted by Gasteiger charge is -2.34. The molecule has 2 nitrogen and oxygen atoms in total. The fraction of sp³-hybridized carbons (Fsp3) is 0.625. The van der Waals surface area contributed by atoms with Crippen LogP contribution in [0.1, 0.15) is 45.1 Å². The number of rotatable bonds is 4. The van der Waals surface area contributed by atoms with Gasteiger partial charge in [-0.3, -0.25) is 0 Å². The molecule has 0 aromatic heterocycles. The van der Waals surface area contributed by atoms with Crippen LogP contribution in [-0.4, -0.2) is 13.2 Å². The Bertz CT molecular complexity index is 419. The van der Waals surface area contributed by atoms with E-state index in [1.54, 1.807) is 7.11 Å². The lowest BCUT2D eigenvalue weighted by Crippen LogP contribution is -2.26. The highest BCUT2D eigenvalue weighted by atomic mass is 79.9. The van der Waals surface area contributed by atoms with Gasteiger partial charge in [0.1, 0.15) is 5.75 Å². The third-order valence-electron chi connectivity index (χ3n) is 3.99. The molecule has 1 fully saturated rings. The highest BCUT2D eigenvalue weighted by Gasteiger charge is 2.27. The topological polar surface area (TPSA) is 18.5 Å². The van der Waals surface area contributed by atoms with Gasteiger partial charge in [0.25, 0.3) is 0 Å². The normalized spacial score (nSPS) is 19.4. The zero-order valence-corrected chi connectivity index (χ0v) is 13.6. The Balaban J connectivity index is 1.84. The van der Waals surface area contributed by atoms with Crippen molar-refractivity contribution in [3.05, 3.63) is 28.2 Å². The molecule has 0 atom stereocenters. The van der Waals surface area contributed by atoms with Gasteiger partial charge in [0.2, 0.25) is 0 Å². The molecule has 1 aromatic rings. The minimum absolute atomic E-state index is 0.425. The first-order valence-electron chi connectivity index (χ1n) is 6.94. The van der Waals surface area contributed by atoms with Crippen molar-refractivity contribution >= 4 is 15.9 Å². The van der Waals surface area contributed by atoms with Crippen molar-refractivity contribution in [2.24, 2.45) is 5.41 Å². The first-order valence-corrected chi connectivity index (χ1v) is 7.73. The largest absolute Gasteiger partial charge is 0.496 e. The zero-order valence-electron chi connectivity index (χ0n) is 12.0. The van der Waals surface area contributed by atoms with Crippen LogP contribution in [-0.2, 0) is 11.3 Å². The summed E-state index contributed by atoms with van der Waals surface area (Å²) in [5.74, 6) is 0.864. The third-order valence-corrected chi connectivity index (χ3v) is 4.61. The first-order chi connectivity index (χ1) is 9.00. The average molecular weight is 327 g/mol. The smallest absolute Gasteiger partial charge is 0.133 e. The molecule has 0 saturated heterocycles. The van der Waals surface area contributed by atoms with E-state index in [9.17, 15) is 0 Å². The zero-order chi connectivity index (χ0) is 13.9. The molecule has 0 unspecified atom stereocenters. The van der Waals surface area contributed by atoms with Crippen molar-refractivity contribution < 1.29 is 9.47 Å². The van der Waals surface area contributed by atoms with Gasteiger partial charge in [0.15, 0.2) is 0 Å². The summed E-state index contributed by atoms with van der Waals surface area (Å²) in [4.78, 5) is 0. The molecule has 0 N–H and O–H groups in total. The summed E-state index contributed by atoms with van der Waals surface area (Å²) in [6, 6.07) is 6.12. The molecule has 0 spiro atoms. The lowest BCUT2D eigenvalue weighted by atomic mass is 9.76. The maximum Gasteiger partial charge on any atom is 0.133 e. The second-order valence-corrected chi connectivity index (χ2v) is 7.00. The van der Waals surface area contributed by atoms with E-state index in [1.165, 1.54) is 31.2 Å². The van der Waals surface area contributed by atoms with E-state index in [4.69, 9.17) is 9.47 Å². The van der Waals surface area contributed by atoms with Crippen molar-refractivity contribution in [1.82, 2.24) is 0 Å². The molecular formula is C16H23BrO2. The molecule has 2 rings (SSSR count). The number of halogens is 1. The molecule has 106 valence electrons. The summed E-state index contributed by atoms with van der Waals surface area (Å²) >= 11 is 3.51. The Morgan fingerprint density at radius 2 is 1.95 bits per heavy atom. The van der Waals surface area contributed by atoms with Crippen LogP contribution in [0.2, 0.25) is 0 Å². The predicted octanol–water partition coefficient (Wildman–Crippen LogP) is 4.94. The standard InChI is InChI=1S/C16H23BrO2/c1-16(2)8-6-13(7-9-16)19-11-12-4-5-15(18-3)14(17)10-12/h4-5,10,13H,6-9,11H2,1-3H3. The van der Waals surface area contributed by atoms with Crippen LogP contribution in [0.25, 0.3) is 0 Å². The highest BCUT2D eigenvalue weighted by molar-refractivity contribution is 9.10. The maximum absolute atomic E-state index is 6.03. The van der Waals surface area contributed by atoms with Crippen LogP contribution in [0.3, 0.4) is 0 Å². The Morgan fingerprint density at radius 3 is 2.53 bits per heavy atom. The van der Waals surface area contributed by atoms with E-state index < -0.39 is 0 Å². The summed E-state index contributed by atoms with van der Waals surface area (Å²) in [6.45, 7) is 5.39. The third kappa shape index (κ3) is 4.22. The molecule has 0 amide bonds. The second-order valence-electron chi connectivity index (χ2n) is 6.14. The molecule has 0 radical (unpaired) electrons. The SMILES string of the molecule is COc1ccc(COC2CCC(C)(C)CC2)cc1Br. The molecule has 0 heterocycles.